The van der Waals surface area contributed by atoms with Crippen LogP contribution in [0.5, 0.6) is 0 Å². The lowest BCUT2D eigenvalue weighted by Gasteiger charge is -2.33. The van der Waals surface area contributed by atoms with Gasteiger partial charge in [-0.3, -0.25) is 4.90 Å². The van der Waals surface area contributed by atoms with E-state index in [1.165, 1.54) is 5.56 Å². The molecule has 1 saturated heterocycles. The Morgan fingerprint density at radius 3 is 2.22 bits per heavy atom. The molecule has 0 saturated carbocycles. The van der Waals surface area contributed by atoms with Gasteiger partial charge in [-0.15, -0.1) is 0 Å². The molecule has 0 bridgehead atoms. The highest BCUT2D eigenvalue weighted by molar-refractivity contribution is 5.89. The molecule has 1 heterocycles. The molecule has 0 aromatic heterocycles. The van der Waals surface area contributed by atoms with Gasteiger partial charge >= 0.3 is 5.97 Å². The van der Waals surface area contributed by atoms with Gasteiger partial charge in [0.15, 0.2) is 0 Å². The number of carbonyl (C=O) groups is 1. The van der Waals surface area contributed by atoms with E-state index in [1.54, 1.807) is 0 Å². The van der Waals surface area contributed by atoms with Gasteiger partial charge < -0.3 is 9.64 Å². The molecule has 1 atom stereocenters. The fraction of sp³-hybridized carbons (Fsp3) is 0.632. The number of piperazine rings is 1. The third-order valence-corrected chi connectivity index (χ3v) is 4.41. The second kappa shape index (κ2) is 7.45. The van der Waals surface area contributed by atoms with Crippen LogP contribution in [-0.2, 0) is 10.2 Å². The van der Waals surface area contributed by atoms with Gasteiger partial charge in [-0.25, -0.2) is 4.79 Å². The molecule has 23 heavy (non-hydrogen) atoms. The molecule has 4 nitrogen and oxygen atoms in total. The number of rotatable bonds is 4. The zero-order valence-corrected chi connectivity index (χ0v) is 15.1. The monoisotopic (exact) mass is 318 g/mol. The number of nitrogens with zero attached hydrogens (tertiary/aromatic N) is 2. The predicted molar refractivity (Wildman–Crippen MR) is 94.0 cm³/mol. The first-order valence-corrected chi connectivity index (χ1v) is 8.48. The Kier molecular flexibility index (Phi) is 5.82. The van der Waals surface area contributed by atoms with Crippen molar-refractivity contribution in [2.75, 3.05) is 39.8 Å². The quantitative estimate of drug-likeness (QED) is 0.799. The molecule has 1 aliphatic rings. The van der Waals surface area contributed by atoms with Crippen molar-refractivity contribution in [2.24, 2.45) is 0 Å². The average molecular weight is 318 g/mol. The zero-order chi connectivity index (χ0) is 17.0. The van der Waals surface area contributed by atoms with Crippen LogP contribution in [0.15, 0.2) is 24.3 Å². The van der Waals surface area contributed by atoms with Gasteiger partial charge in [-0.1, -0.05) is 32.9 Å². The normalized spacial score (nSPS) is 18.7. The van der Waals surface area contributed by atoms with Crippen molar-refractivity contribution in [2.45, 2.75) is 39.2 Å². The Morgan fingerprint density at radius 2 is 1.70 bits per heavy atom. The van der Waals surface area contributed by atoms with Crippen LogP contribution >= 0.6 is 0 Å². The molecule has 1 aromatic rings. The van der Waals surface area contributed by atoms with Crippen LogP contribution in [0.2, 0.25) is 0 Å². The summed E-state index contributed by atoms with van der Waals surface area (Å²) in [6.45, 7) is 13.5. The minimum Gasteiger partial charge on any atom is -0.458 e. The van der Waals surface area contributed by atoms with Crippen molar-refractivity contribution in [1.29, 1.82) is 0 Å². The Hall–Kier alpha value is -1.39. The van der Waals surface area contributed by atoms with E-state index in [1.807, 2.05) is 31.2 Å². The summed E-state index contributed by atoms with van der Waals surface area (Å²) in [5.41, 5.74) is 1.94. The molecule has 1 fully saturated rings. The van der Waals surface area contributed by atoms with Crippen LogP contribution in [0, 0.1) is 0 Å². The Labute approximate surface area is 140 Å². The number of benzene rings is 1. The highest BCUT2D eigenvalue weighted by Crippen LogP contribution is 2.22. The Morgan fingerprint density at radius 1 is 1.13 bits per heavy atom. The van der Waals surface area contributed by atoms with Gasteiger partial charge in [0.25, 0.3) is 0 Å². The van der Waals surface area contributed by atoms with Gasteiger partial charge in [0.05, 0.1) is 5.56 Å². The molecule has 1 aliphatic heterocycles. The van der Waals surface area contributed by atoms with E-state index in [4.69, 9.17) is 4.74 Å². The number of carbonyl (C=O) groups excluding carboxylic acids is 1. The lowest BCUT2D eigenvalue weighted by atomic mass is 9.87. The fourth-order valence-electron chi connectivity index (χ4n) is 2.79. The summed E-state index contributed by atoms with van der Waals surface area (Å²) in [5.74, 6) is -0.230. The van der Waals surface area contributed by atoms with Gasteiger partial charge in [0, 0.05) is 32.7 Å². The van der Waals surface area contributed by atoms with Crippen LogP contribution in [0.25, 0.3) is 0 Å². The van der Waals surface area contributed by atoms with Crippen LogP contribution < -0.4 is 0 Å². The molecular weight excluding hydrogens is 288 g/mol. The minimum absolute atomic E-state index is 0.0896. The first-order chi connectivity index (χ1) is 10.8. The molecule has 0 aliphatic carbocycles. The first-order valence-electron chi connectivity index (χ1n) is 8.48. The SMILES string of the molecule is CC(CN1CCN(C)CC1)OC(=O)c1ccc(C(C)(C)C)cc1. The van der Waals surface area contributed by atoms with Crippen LogP contribution in [0.3, 0.4) is 0 Å². The van der Waals surface area contributed by atoms with E-state index < -0.39 is 0 Å². The van der Waals surface area contributed by atoms with E-state index in [0.29, 0.717) is 5.56 Å². The van der Waals surface area contributed by atoms with Crippen LogP contribution in [0.1, 0.15) is 43.6 Å². The first kappa shape index (κ1) is 18.0. The van der Waals surface area contributed by atoms with Crippen LogP contribution in [0.4, 0.5) is 0 Å². The third-order valence-electron chi connectivity index (χ3n) is 4.41. The largest absolute Gasteiger partial charge is 0.458 e. The highest BCUT2D eigenvalue weighted by atomic mass is 16.5. The average Bonchev–Trinajstić information content (AvgIpc) is 2.49. The number of esters is 1. The molecule has 128 valence electrons. The second-order valence-electron chi connectivity index (χ2n) is 7.65. The molecule has 2 rings (SSSR count). The van der Waals surface area contributed by atoms with Gasteiger partial charge in [0.2, 0.25) is 0 Å². The number of hydrogen-bond acceptors (Lipinski definition) is 4. The summed E-state index contributed by atoms with van der Waals surface area (Å²) in [5, 5.41) is 0. The highest BCUT2D eigenvalue weighted by Gasteiger charge is 2.19. The zero-order valence-electron chi connectivity index (χ0n) is 15.1. The van der Waals surface area contributed by atoms with Crippen molar-refractivity contribution in [3.05, 3.63) is 35.4 Å². The molecule has 0 amide bonds. The van der Waals surface area contributed by atoms with E-state index in [-0.39, 0.29) is 17.5 Å². The van der Waals surface area contributed by atoms with Gasteiger partial charge in [-0.05, 0) is 37.1 Å². The fourth-order valence-corrected chi connectivity index (χ4v) is 2.79. The Bertz CT molecular complexity index is 511. The maximum absolute atomic E-state index is 12.3. The van der Waals surface area contributed by atoms with Crippen molar-refractivity contribution < 1.29 is 9.53 Å². The lowest BCUT2D eigenvalue weighted by Crippen LogP contribution is -2.47. The molecule has 0 N–H and O–H groups in total. The summed E-state index contributed by atoms with van der Waals surface area (Å²) in [6.07, 6.45) is -0.0896. The lowest BCUT2D eigenvalue weighted by molar-refractivity contribution is 0.0207. The summed E-state index contributed by atoms with van der Waals surface area (Å²) in [4.78, 5) is 16.9. The standard InChI is InChI=1S/C19H30N2O2/c1-15(14-21-12-10-20(5)11-13-21)23-18(22)16-6-8-17(9-7-16)19(2,3)4/h6-9,15H,10-14H2,1-5H3. The van der Waals surface area contributed by atoms with Crippen molar-refractivity contribution in [1.82, 2.24) is 9.80 Å². The summed E-state index contributed by atoms with van der Waals surface area (Å²) in [7, 11) is 2.14. The maximum atomic E-state index is 12.3. The molecular formula is C19H30N2O2. The van der Waals surface area contributed by atoms with Crippen LogP contribution in [-0.4, -0.2) is 61.6 Å². The van der Waals surface area contributed by atoms with Gasteiger partial charge in [-0.2, -0.15) is 0 Å². The number of likely N-dealkylation sites (N-methyl/N-ethyl adjacent to an activating group) is 1. The summed E-state index contributed by atoms with van der Waals surface area (Å²) < 4.78 is 5.60. The Balaban J connectivity index is 1.86. The molecule has 1 aromatic carbocycles. The smallest absolute Gasteiger partial charge is 0.338 e. The van der Waals surface area contributed by atoms with E-state index >= 15 is 0 Å². The summed E-state index contributed by atoms with van der Waals surface area (Å²) in [6, 6.07) is 7.76. The van der Waals surface area contributed by atoms with Crippen molar-refractivity contribution in [3.8, 4) is 0 Å². The molecule has 1 unspecified atom stereocenters. The maximum Gasteiger partial charge on any atom is 0.338 e. The van der Waals surface area contributed by atoms with Gasteiger partial charge in [0.1, 0.15) is 6.10 Å². The minimum atomic E-state index is -0.230. The molecule has 0 radical (unpaired) electrons. The van der Waals surface area contributed by atoms with Crippen molar-refractivity contribution >= 4 is 5.97 Å². The number of ether oxygens (including phenoxy) is 1. The number of hydrogen-bond donors (Lipinski definition) is 0. The third kappa shape index (κ3) is 5.33. The topological polar surface area (TPSA) is 32.8 Å². The summed E-state index contributed by atoms with van der Waals surface area (Å²) >= 11 is 0. The van der Waals surface area contributed by atoms with E-state index in [2.05, 4.69) is 37.6 Å². The molecule has 4 heteroatoms. The predicted octanol–water partition coefficient (Wildman–Crippen LogP) is 2.78. The van der Waals surface area contributed by atoms with E-state index in [9.17, 15) is 4.79 Å². The second-order valence-corrected chi connectivity index (χ2v) is 7.65. The molecule has 0 spiro atoms. The van der Waals surface area contributed by atoms with E-state index in [0.717, 1.165) is 32.7 Å². The van der Waals surface area contributed by atoms with Crippen molar-refractivity contribution in [3.63, 3.8) is 0 Å².